The summed E-state index contributed by atoms with van der Waals surface area (Å²) >= 11 is 11.6. The zero-order valence-corrected chi connectivity index (χ0v) is 11.9. The summed E-state index contributed by atoms with van der Waals surface area (Å²) in [6.07, 6.45) is 8.76. The van der Waals surface area contributed by atoms with Gasteiger partial charge in [0.1, 0.15) is 0 Å². The number of rotatable bonds is 3. The molecule has 0 radical (unpaired) electrons. The Labute approximate surface area is 117 Å². The summed E-state index contributed by atoms with van der Waals surface area (Å²) in [5.41, 5.74) is 3.85. The number of aromatic nitrogens is 1. The van der Waals surface area contributed by atoms with Gasteiger partial charge in [-0.05, 0) is 24.5 Å². The Balaban J connectivity index is 2.44. The Bertz CT molecular complexity index is 540. The molecular weight excluding hydrogens is 269 g/mol. The maximum atomic E-state index is 11.7. The Kier molecular flexibility index (Phi) is 3.98. The Hall–Kier alpha value is -0.990. The number of hydrogen-bond donors (Lipinski definition) is 0. The van der Waals surface area contributed by atoms with Crippen LogP contribution in [0.2, 0.25) is 0 Å². The lowest BCUT2D eigenvalue weighted by Gasteiger charge is -2.12. The molecule has 96 valence electrons. The van der Waals surface area contributed by atoms with E-state index in [1.807, 2.05) is 36.9 Å². The van der Waals surface area contributed by atoms with Crippen molar-refractivity contribution in [3.8, 4) is 0 Å². The van der Waals surface area contributed by atoms with Crippen molar-refractivity contribution in [2.24, 2.45) is 7.05 Å². The highest BCUT2D eigenvalue weighted by Gasteiger charge is 2.18. The van der Waals surface area contributed by atoms with Crippen LogP contribution in [-0.2, 0) is 7.05 Å². The highest BCUT2D eigenvalue weighted by atomic mass is 35.5. The molecule has 0 saturated carbocycles. The van der Waals surface area contributed by atoms with E-state index in [9.17, 15) is 4.79 Å². The van der Waals surface area contributed by atoms with Crippen molar-refractivity contribution < 1.29 is 4.79 Å². The first kappa shape index (κ1) is 13.4. The number of aryl methyl sites for hydroxylation is 1. The van der Waals surface area contributed by atoms with Crippen molar-refractivity contribution in [3.63, 3.8) is 0 Å². The third kappa shape index (κ3) is 2.40. The molecule has 1 aromatic rings. The summed E-state index contributed by atoms with van der Waals surface area (Å²) in [7, 11) is 1.94. The molecule has 2 nitrogen and oxygen atoms in total. The van der Waals surface area contributed by atoms with Crippen molar-refractivity contribution in [1.82, 2.24) is 4.57 Å². The van der Waals surface area contributed by atoms with E-state index < -0.39 is 0 Å². The summed E-state index contributed by atoms with van der Waals surface area (Å²) in [4.78, 5) is 11.7. The highest BCUT2D eigenvalue weighted by Crippen LogP contribution is 2.28. The lowest BCUT2D eigenvalue weighted by molar-refractivity contribution is 0.102. The first-order valence-electron chi connectivity index (χ1n) is 5.82. The molecule has 1 atom stereocenters. The molecule has 0 N–H and O–H groups in total. The van der Waals surface area contributed by atoms with Gasteiger partial charge in [-0.1, -0.05) is 18.2 Å². The fourth-order valence-corrected chi connectivity index (χ4v) is 2.60. The van der Waals surface area contributed by atoms with E-state index in [0.717, 1.165) is 23.3 Å². The van der Waals surface area contributed by atoms with Crippen LogP contribution >= 0.6 is 23.2 Å². The smallest absolute Gasteiger partial charge is 0.179 e. The van der Waals surface area contributed by atoms with Crippen LogP contribution in [0.25, 0.3) is 5.57 Å². The Morgan fingerprint density at radius 3 is 2.83 bits per heavy atom. The van der Waals surface area contributed by atoms with E-state index in [2.05, 4.69) is 6.08 Å². The lowest BCUT2D eigenvalue weighted by Crippen LogP contribution is -2.02. The highest BCUT2D eigenvalue weighted by molar-refractivity contribution is 6.30. The van der Waals surface area contributed by atoms with Crippen molar-refractivity contribution >= 4 is 34.6 Å². The van der Waals surface area contributed by atoms with E-state index in [1.54, 1.807) is 0 Å². The molecular formula is C14H15Cl2NO. The minimum absolute atomic E-state index is 0.0168. The van der Waals surface area contributed by atoms with Crippen molar-refractivity contribution in [3.05, 3.63) is 41.2 Å². The fourth-order valence-electron chi connectivity index (χ4n) is 2.29. The van der Waals surface area contributed by atoms with Gasteiger partial charge >= 0.3 is 0 Å². The zero-order chi connectivity index (χ0) is 13.3. The van der Waals surface area contributed by atoms with Gasteiger partial charge in [-0.25, -0.2) is 0 Å². The van der Waals surface area contributed by atoms with E-state index in [4.69, 9.17) is 23.2 Å². The number of nitrogens with zero attached hydrogens (tertiary/aromatic N) is 1. The van der Waals surface area contributed by atoms with Crippen LogP contribution in [0.5, 0.6) is 0 Å². The van der Waals surface area contributed by atoms with Crippen LogP contribution in [0.15, 0.2) is 24.4 Å². The molecule has 0 aromatic carbocycles. The molecule has 0 saturated heterocycles. The van der Waals surface area contributed by atoms with E-state index in [0.29, 0.717) is 5.56 Å². The van der Waals surface area contributed by atoms with Gasteiger partial charge in [0.15, 0.2) is 5.78 Å². The molecule has 1 aliphatic carbocycles. The third-order valence-corrected chi connectivity index (χ3v) is 3.74. The second kappa shape index (κ2) is 5.33. The number of carbonyl (C=O) groups is 1. The van der Waals surface area contributed by atoms with Gasteiger partial charge in [-0.3, -0.25) is 4.79 Å². The summed E-state index contributed by atoms with van der Waals surface area (Å²) in [5.74, 6) is -0.0187. The Morgan fingerprint density at radius 1 is 1.56 bits per heavy atom. The molecule has 0 amide bonds. The molecule has 1 aromatic heterocycles. The number of alkyl halides is 2. The quantitative estimate of drug-likeness (QED) is 0.612. The monoisotopic (exact) mass is 283 g/mol. The van der Waals surface area contributed by atoms with Crippen LogP contribution < -0.4 is 0 Å². The van der Waals surface area contributed by atoms with E-state index in [1.165, 1.54) is 0 Å². The molecule has 0 bridgehead atoms. The predicted molar refractivity (Wildman–Crippen MR) is 76.6 cm³/mol. The van der Waals surface area contributed by atoms with Gasteiger partial charge < -0.3 is 4.57 Å². The van der Waals surface area contributed by atoms with Gasteiger partial charge in [0.2, 0.25) is 0 Å². The van der Waals surface area contributed by atoms with Crippen LogP contribution in [0.3, 0.4) is 0 Å². The molecule has 18 heavy (non-hydrogen) atoms. The number of halogens is 2. The number of ketones is 1. The van der Waals surface area contributed by atoms with Crippen LogP contribution in [-0.4, -0.2) is 21.6 Å². The molecule has 0 aliphatic heterocycles. The number of carbonyl (C=O) groups excluding carboxylic acids is 1. The molecule has 1 unspecified atom stereocenters. The minimum atomic E-state index is -0.0355. The van der Waals surface area contributed by atoms with Gasteiger partial charge in [-0.2, -0.15) is 0 Å². The fraction of sp³-hybridized carbons (Fsp3) is 0.357. The zero-order valence-electron chi connectivity index (χ0n) is 10.4. The second-order valence-electron chi connectivity index (χ2n) is 4.45. The SMILES string of the molecule is Cc1c(C(=O)CCl)cn(C)c1C1=CCC(Cl)C=C1. The first-order valence-corrected chi connectivity index (χ1v) is 6.79. The normalized spacial score (nSPS) is 18.9. The topological polar surface area (TPSA) is 22.0 Å². The first-order chi connectivity index (χ1) is 8.54. The standard InChI is InChI=1S/C14H15Cl2NO/c1-9-12(13(18)7-15)8-17(2)14(9)10-3-5-11(16)6-4-10/h3-5,8,11H,6-7H2,1-2H3. The van der Waals surface area contributed by atoms with Gasteiger partial charge in [0.25, 0.3) is 0 Å². The lowest BCUT2D eigenvalue weighted by atomic mass is 9.99. The minimum Gasteiger partial charge on any atom is -0.350 e. The maximum absolute atomic E-state index is 11.7. The van der Waals surface area contributed by atoms with E-state index >= 15 is 0 Å². The summed E-state index contributed by atoms with van der Waals surface area (Å²) < 4.78 is 1.97. The summed E-state index contributed by atoms with van der Waals surface area (Å²) in [6.45, 7) is 1.95. The van der Waals surface area contributed by atoms with E-state index in [-0.39, 0.29) is 17.0 Å². The molecule has 0 spiro atoms. The van der Waals surface area contributed by atoms with Crippen LogP contribution in [0, 0.1) is 6.92 Å². The largest absolute Gasteiger partial charge is 0.350 e. The van der Waals surface area contributed by atoms with Crippen molar-refractivity contribution in [2.75, 3.05) is 5.88 Å². The summed E-state index contributed by atoms with van der Waals surface area (Å²) in [6, 6.07) is 0. The van der Waals surface area contributed by atoms with Crippen LogP contribution in [0.4, 0.5) is 0 Å². The average Bonchev–Trinajstić information content (AvgIpc) is 2.65. The molecule has 0 fully saturated rings. The van der Waals surface area contributed by atoms with Gasteiger partial charge in [0, 0.05) is 18.8 Å². The Morgan fingerprint density at radius 2 is 2.28 bits per heavy atom. The predicted octanol–water partition coefficient (Wildman–Crippen LogP) is 3.71. The van der Waals surface area contributed by atoms with Crippen LogP contribution in [0.1, 0.15) is 28.0 Å². The number of hydrogen-bond acceptors (Lipinski definition) is 1. The van der Waals surface area contributed by atoms with Crippen molar-refractivity contribution in [2.45, 2.75) is 18.7 Å². The third-order valence-electron chi connectivity index (χ3n) is 3.18. The average molecular weight is 284 g/mol. The van der Waals surface area contributed by atoms with Crippen molar-refractivity contribution in [1.29, 1.82) is 0 Å². The molecule has 4 heteroatoms. The number of Topliss-reactive ketones (excluding diaryl/α,β-unsaturated/α-hetero) is 1. The molecule has 2 rings (SSSR count). The number of allylic oxidation sites excluding steroid dienone is 4. The molecule has 1 aliphatic rings. The maximum Gasteiger partial charge on any atom is 0.179 e. The van der Waals surface area contributed by atoms with Gasteiger partial charge in [-0.15, -0.1) is 23.2 Å². The summed E-state index contributed by atoms with van der Waals surface area (Å²) in [5, 5.41) is 0.0678. The van der Waals surface area contributed by atoms with Gasteiger partial charge in [0.05, 0.1) is 17.0 Å². The molecule has 1 heterocycles. The second-order valence-corrected chi connectivity index (χ2v) is 5.28.